The van der Waals surface area contributed by atoms with Gasteiger partial charge in [0.2, 0.25) is 0 Å². The predicted octanol–water partition coefficient (Wildman–Crippen LogP) is 7.06. The molecule has 27 heavy (non-hydrogen) atoms. The Morgan fingerprint density at radius 1 is 0.778 bits per heavy atom. The number of rotatable bonds is 1. The first kappa shape index (κ1) is 16.3. The van der Waals surface area contributed by atoms with Gasteiger partial charge < -0.3 is 0 Å². The van der Waals surface area contributed by atoms with E-state index in [2.05, 4.69) is 99.7 Å². The maximum Gasteiger partial charge on any atom is 0.0722 e. The molecule has 2 aliphatic rings. The lowest BCUT2D eigenvalue weighted by Crippen LogP contribution is -2.26. The predicted molar refractivity (Wildman–Crippen MR) is 115 cm³/mol. The van der Waals surface area contributed by atoms with Crippen molar-refractivity contribution in [1.29, 1.82) is 0 Å². The quantitative estimate of drug-likeness (QED) is 0.441. The van der Waals surface area contributed by atoms with E-state index in [1.165, 1.54) is 50.1 Å². The van der Waals surface area contributed by atoms with Gasteiger partial charge >= 0.3 is 0 Å². The Bertz CT molecular complexity index is 1130. The van der Waals surface area contributed by atoms with Crippen LogP contribution in [0, 0.1) is 6.92 Å². The van der Waals surface area contributed by atoms with Crippen molar-refractivity contribution in [2.24, 2.45) is 0 Å². The molecule has 1 atom stereocenters. The van der Waals surface area contributed by atoms with Gasteiger partial charge in [-0.15, -0.1) is 0 Å². The summed E-state index contributed by atoms with van der Waals surface area (Å²) in [5.41, 5.74) is 12.4. The van der Waals surface area contributed by atoms with Crippen molar-refractivity contribution in [1.82, 2.24) is 0 Å². The van der Waals surface area contributed by atoms with Gasteiger partial charge in [0.05, 0.1) is 5.41 Å². The summed E-state index contributed by atoms with van der Waals surface area (Å²) in [6.45, 7) is 6.63. The van der Waals surface area contributed by atoms with Crippen molar-refractivity contribution < 1.29 is 0 Å². The van der Waals surface area contributed by atoms with Crippen molar-refractivity contribution in [3.63, 3.8) is 0 Å². The minimum atomic E-state index is -0.190. The lowest BCUT2D eigenvalue weighted by atomic mass is 9.70. The minimum absolute atomic E-state index is 0.190. The Balaban J connectivity index is 2.00. The zero-order valence-electron chi connectivity index (χ0n) is 16.2. The molecule has 0 aliphatic heterocycles. The normalized spacial score (nSPS) is 22.3. The smallest absolute Gasteiger partial charge is 0.0722 e. The average Bonchev–Trinajstić information content (AvgIpc) is 3.14. The van der Waals surface area contributed by atoms with Crippen molar-refractivity contribution >= 4 is 5.57 Å². The average molecular weight is 348 g/mol. The molecule has 5 rings (SSSR count). The van der Waals surface area contributed by atoms with Gasteiger partial charge in [0.25, 0.3) is 0 Å². The first-order valence-electron chi connectivity index (χ1n) is 9.91. The number of aryl methyl sites for hydroxylation is 1. The molecule has 1 unspecified atom stereocenters. The molecule has 0 heterocycles. The third kappa shape index (κ3) is 1.93. The molecule has 0 bridgehead atoms. The molecule has 3 aromatic rings. The summed E-state index contributed by atoms with van der Waals surface area (Å²) in [7, 11) is 0. The molecule has 0 nitrogen and oxygen atoms in total. The summed E-state index contributed by atoms with van der Waals surface area (Å²) >= 11 is 0. The maximum absolute atomic E-state index is 2.41. The molecule has 2 aliphatic carbocycles. The minimum Gasteiger partial charge on any atom is -0.0822 e. The van der Waals surface area contributed by atoms with Crippen LogP contribution in [0.5, 0.6) is 0 Å². The first-order valence-corrected chi connectivity index (χ1v) is 9.91. The van der Waals surface area contributed by atoms with Crippen LogP contribution in [0.4, 0.5) is 0 Å². The van der Waals surface area contributed by atoms with Crippen LogP contribution in [0.25, 0.3) is 16.7 Å². The highest BCUT2D eigenvalue weighted by molar-refractivity contribution is 5.99. The van der Waals surface area contributed by atoms with Crippen molar-refractivity contribution in [2.45, 2.75) is 32.6 Å². The molecular weight excluding hydrogens is 324 g/mol. The lowest BCUT2D eigenvalue weighted by Gasteiger charge is -2.31. The number of allylic oxidation sites excluding steroid dienone is 4. The molecular formula is C27H24. The van der Waals surface area contributed by atoms with Crippen LogP contribution in [0.2, 0.25) is 0 Å². The van der Waals surface area contributed by atoms with Gasteiger partial charge in [-0.1, -0.05) is 91.4 Å². The van der Waals surface area contributed by atoms with Crippen LogP contribution in [0.1, 0.15) is 48.1 Å². The fraction of sp³-hybridized carbons (Fsp3) is 0.185. The molecule has 0 aromatic heterocycles. The first-order chi connectivity index (χ1) is 13.2. The third-order valence-electron chi connectivity index (χ3n) is 6.21. The Morgan fingerprint density at radius 2 is 1.41 bits per heavy atom. The van der Waals surface area contributed by atoms with Crippen LogP contribution in [-0.2, 0) is 5.41 Å². The number of hydrogen-bond acceptors (Lipinski definition) is 0. The summed E-state index contributed by atoms with van der Waals surface area (Å²) in [6.07, 6.45) is 5.79. The molecule has 0 heteroatoms. The second-order valence-corrected chi connectivity index (χ2v) is 7.62. The summed E-state index contributed by atoms with van der Waals surface area (Å²) in [6, 6.07) is 24.9. The topological polar surface area (TPSA) is 0 Å². The molecule has 0 radical (unpaired) electrons. The zero-order chi connectivity index (χ0) is 18.6. The number of hydrogen-bond donors (Lipinski definition) is 0. The van der Waals surface area contributed by atoms with Gasteiger partial charge in [-0.25, -0.2) is 0 Å². The molecule has 1 spiro atoms. The van der Waals surface area contributed by atoms with Crippen molar-refractivity contribution in [3.8, 4) is 11.1 Å². The molecule has 0 saturated heterocycles. The van der Waals surface area contributed by atoms with Gasteiger partial charge in [0.1, 0.15) is 0 Å². The molecule has 0 saturated carbocycles. The van der Waals surface area contributed by atoms with Crippen LogP contribution < -0.4 is 0 Å². The SMILES string of the molecule is C/C=C1\C(=C/CC)c2ccccc2C12c1ccccc1-c1ccc(C)cc12. The molecule has 3 aromatic carbocycles. The van der Waals surface area contributed by atoms with Crippen molar-refractivity contribution in [2.75, 3.05) is 0 Å². The van der Waals surface area contributed by atoms with E-state index >= 15 is 0 Å². The van der Waals surface area contributed by atoms with E-state index in [-0.39, 0.29) is 5.41 Å². The van der Waals surface area contributed by atoms with Crippen molar-refractivity contribution in [3.05, 3.63) is 112 Å². The highest BCUT2D eigenvalue weighted by Crippen LogP contribution is 2.63. The summed E-state index contributed by atoms with van der Waals surface area (Å²) < 4.78 is 0. The van der Waals surface area contributed by atoms with Gasteiger partial charge in [-0.2, -0.15) is 0 Å². The second kappa shape index (κ2) is 5.82. The Hall–Kier alpha value is -2.86. The molecule has 132 valence electrons. The Labute approximate surface area is 161 Å². The van der Waals surface area contributed by atoms with E-state index < -0.39 is 0 Å². The van der Waals surface area contributed by atoms with E-state index in [1.54, 1.807) is 0 Å². The van der Waals surface area contributed by atoms with Crippen LogP contribution in [-0.4, -0.2) is 0 Å². The molecule has 0 fully saturated rings. The van der Waals surface area contributed by atoms with Gasteiger partial charge in [-0.3, -0.25) is 0 Å². The highest BCUT2D eigenvalue weighted by Gasteiger charge is 2.52. The number of fused-ring (bicyclic) bond motifs is 7. The summed E-state index contributed by atoms with van der Waals surface area (Å²) in [4.78, 5) is 0. The lowest BCUT2D eigenvalue weighted by molar-refractivity contribution is 0.791. The fourth-order valence-electron chi connectivity index (χ4n) is 5.31. The molecule has 0 N–H and O–H groups in total. The summed E-state index contributed by atoms with van der Waals surface area (Å²) in [5.74, 6) is 0. The summed E-state index contributed by atoms with van der Waals surface area (Å²) in [5, 5.41) is 0. The largest absolute Gasteiger partial charge is 0.0822 e. The Morgan fingerprint density at radius 3 is 2.11 bits per heavy atom. The monoisotopic (exact) mass is 348 g/mol. The van der Waals surface area contributed by atoms with Gasteiger partial charge in [0, 0.05) is 0 Å². The fourth-order valence-corrected chi connectivity index (χ4v) is 5.31. The van der Waals surface area contributed by atoms with E-state index in [0.717, 1.165) is 6.42 Å². The van der Waals surface area contributed by atoms with E-state index in [1.807, 2.05) is 0 Å². The third-order valence-corrected chi connectivity index (χ3v) is 6.21. The van der Waals surface area contributed by atoms with E-state index in [9.17, 15) is 0 Å². The van der Waals surface area contributed by atoms with Crippen LogP contribution in [0.3, 0.4) is 0 Å². The van der Waals surface area contributed by atoms with E-state index in [0.29, 0.717) is 0 Å². The highest BCUT2D eigenvalue weighted by atomic mass is 14.5. The van der Waals surface area contributed by atoms with E-state index in [4.69, 9.17) is 0 Å². The van der Waals surface area contributed by atoms with Gasteiger partial charge in [-0.05, 0) is 64.8 Å². The van der Waals surface area contributed by atoms with Crippen LogP contribution in [0.15, 0.2) is 84.5 Å². The zero-order valence-corrected chi connectivity index (χ0v) is 16.2. The standard InChI is InChI=1S/C27H24/c1-4-10-19-20-11-6-8-13-24(20)27(23(19)5-2)25-14-9-7-12-21(25)22-16-15-18(3)17-26(22)27/h5-17H,4H2,1-3H3/b19-10-,23-5+. The second-order valence-electron chi connectivity index (χ2n) is 7.62. The number of benzene rings is 3. The molecule has 0 amide bonds. The van der Waals surface area contributed by atoms with Gasteiger partial charge in [0.15, 0.2) is 0 Å². The Kier molecular flexibility index (Phi) is 3.52. The van der Waals surface area contributed by atoms with Crippen LogP contribution >= 0.6 is 0 Å². The maximum atomic E-state index is 2.41.